The largest absolute Gasteiger partial charge is 0.369 e. The van der Waals surface area contributed by atoms with Gasteiger partial charge in [-0.25, -0.2) is 0 Å². The predicted molar refractivity (Wildman–Crippen MR) is 118 cm³/mol. The topological polar surface area (TPSA) is 44.8 Å². The molecule has 5 heteroatoms. The van der Waals surface area contributed by atoms with Gasteiger partial charge in [0.05, 0.1) is 6.61 Å². The van der Waals surface area contributed by atoms with Crippen molar-refractivity contribution in [3.8, 4) is 0 Å². The first kappa shape index (κ1) is 19.9. The second-order valence-electron chi connectivity index (χ2n) is 8.36. The van der Waals surface area contributed by atoms with Crippen molar-refractivity contribution in [3.05, 3.63) is 59.2 Å². The van der Waals surface area contributed by atoms with Crippen molar-refractivity contribution in [3.63, 3.8) is 0 Å². The maximum absolute atomic E-state index is 13.0. The molecule has 0 bridgehead atoms. The highest BCUT2D eigenvalue weighted by Crippen LogP contribution is 2.29. The zero-order valence-corrected chi connectivity index (χ0v) is 17.6. The number of ether oxygens (including phenoxy) is 1. The number of anilines is 2. The van der Waals surface area contributed by atoms with Gasteiger partial charge in [-0.05, 0) is 62.1 Å². The maximum Gasteiger partial charge on any atom is 0.258 e. The lowest BCUT2D eigenvalue weighted by molar-refractivity contribution is -0.128. The Morgan fingerprint density at radius 3 is 2.62 bits per heavy atom. The number of piperazine rings is 1. The van der Waals surface area contributed by atoms with E-state index in [1.165, 1.54) is 11.3 Å². The third kappa shape index (κ3) is 4.46. The summed E-state index contributed by atoms with van der Waals surface area (Å²) in [5.74, 6) is -0.0988. The van der Waals surface area contributed by atoms with Crippen molar-refractivity contribution in [2.75, 3.05) is 43.0 Å². The van der Waals surface area contributed by atoms with Crippen LogP contribution in [0.15, 0.2) is 42.5 Å². The highest BCUT2D eigenvalue weighted by Gasteiger charge is 2.27. The molecule has 154 valence electrons. The van der Waals surface area contributed by atoms with Gasteiger partial charge in [-0.2, -0.15) is 0 Å². The predicted octanol–water partition coefficient (Wildman–Crippen LogP) is 3.78. The SMILES string of the molecule is Cc1cc(NC(=O)C2OCCc3ccccc32)cc(N2CCN(C(C)C)CC2)c1. The zero-order valence-electron chi connectivity index (χ0n) is 17.6. The second-order valence-corrected chi connectivity index (χ2v) is 8.36. The molecule has 5 nitrogen and oxygen atoms in total. The first-order chi connectivity index (χ1) is 14.0. The summed E-state index contributed by atoms with van der Waals surface area (Å²) < 4.78 is 5.82. The van der Waals surface area contributed by atoms with E-state index >= 15 is 0 Å². The van der Waals surface area contributed by atoms with Crippen LogP contribution in [0.5, 0.6) is 0 Å². The fourth-order valence-electron chi connectivity index (χ4n) is 4.33. The standard InChI is InChI=1S/C24H31N3O2/c1-17(2)26-9-11-27(12-10-26)21-15-18(3)14-20(16-21)25-24(28)23-22-7-5-4-6-19(22)8-13-29-23/h4-7,14-17,23H,8-13H2,1-3H3,(H,25,28). The molecule has 0 radical (unpaired) electrons. The molecular weight excluding hydrogens is 362 g/mol. The number of nitrogens with one attached hydrogen (secondary N) is 1. The van der Waals surface area contributed by atoms with Gasteiger partial charge in [0, 0.05) is 43.6 Å². The Hall–Kier alpha value is -2.37. The summed E-state index contributed by atoms with van der Waals surface area (Å²) in [6.07, 6.45) is 0.315. The van der Waals surface area contributed by atoms with E-state index in [9.17, 15) is 4.79 Å². The van der Waals surface area contributed by atoms with Crippen molar-refractivity contribution >= 4 is 17.3 Å². The summed E-state index contributed by atoms with van der Waals surface area (Å²) in [6.45, 7) is 11.3. The number of aryl methyl sites for hydroxylation is 1. The summed E-state index contributed by atoms with van der Waals surface area (Å²) in [5, 5.41) is 3.10. The van der Waals surface area contributed by atoms with Crippen LogP contribution in [-0.2, 0) is 16.0 Å². The number of hydrogen-bond acceptors (Lipinski definition) is 4. The number of nitrogens with zero attached hydrogens (tertiary/aromatic N) is 2. The quantitative estimate of drug-likeness (QED) is 0.859. The molecule has 2 aromatic rings. The Balaban J connectivity index is 1.48. The molecule has 0 aliphatic carbocycles. The van der Waals surface area contributed by atoms with Crippen molar-refractivity contribution < 1.29 is 9.53 Å². The zero-order chi connectivity index (χ0) is 20.4. The Morgan fingerprint density at radius 1 is 1.10 bits per heavy atom. The minimum Gasteiger partial charge on any atom is -0.369 e. The van der Waals surface area contributed by atoms with E-state index in [-0.39, 0.29) is 5.91 Å². The van der Waals surface area contributed by atoms with Crippen LogP contribution in [0.2, 0.25) is 0 Å². The number of rotatable bonds is 4. The smallest absolute Gasteiger partial charge is 0.258 e. The average Bonchev–Trinajstić information content (AvgIpc) is 2.73. The molecule has 0 saturated carbocycles. The number of carbonyl (C=O) groups is 1. The van der Waals surface area contributed by atoms with Gasteiger partial charge in [-0.3, -0.25) is 9.69 Å². The molecule has 1 fully saturated rings. The Morgan fingerprint density at radius 2 is 1.86 bits per heavy atom. The van der Waals surface area contributed by atoms with Crippen LogP contribution >= 0.6 is 0 Å². The first-order valence-electron chi connectivity index (χ1n) is 10.6. The summed E-state index contributed by atoms with van der Waals surface area (Å²) in [4.78, 5) is 17.9. The molecule has 1 atom stereocenters. The summed E-state index contributed by atoms with van der Waals surface area (Å²) in [7, 11) is 0. The Labute approximate surface area is 173 Å². The minimum atomic E-state index is -0.543. The van der Waals surface area contributed by atoms with Gasteiger partial charge in [0.2, 0.25) is 0 Å². The van der Waals surface area contributed by atoms with Crippen LogP contribution in [-0.4, -0.2) is 49.6 Å². The van der Waals surface area contributed by atoms with Crippen molar-refractivity contribution in [1.29, 1.82) is 0 Å². The molecule has 2 aliphatic heterocycles. The fourth-order valence-corrected chi connectivity index (χ4v) is 4.33. The number of amides is 1. The van der Waals surface area contributed by atoms with E-state index in [0.29, 0.717) is 12.6 Å². The number of fused-ring (bicyclic) bond motifs is 1. The van der Waals surface area contributed by atoms with Gasteiger partial charge in [-0.1, -0.05) is 24.3 Å². The first-order valence-corrected chi connectivity index (χ1v) is 10.6. The van der Waals surface area contributed by atoms with E-state index in [1.807, 2.05) is 24.3 Å². The van der Waals surface area contributed by atoms with Gasteiger partial charge in [-0.15, -0.1) is 0 Å². The van der Waals surface area contributed by atoms with Crippen LogP contribution < -0.4 is 10.2 Å². The van der Waals surface area contributed by atoms with Crippen LogP contribution in [0.25, 0.3) is 0 Å². The molecule has 29 heavy (non-hydrogen) atoms. The maximum atomic E-state index is 13.0. The molecule has 1 saturated heterocycles. The van der Waals surface area contributed by atoms with E-state index in [2.05, 4.69) is 54.1 Å². The van der Waals surface area contributed by atoms with E-state index in [4.69, 9.17) is 4.74 Å². The number of benzene rings is 2. The van der Waals surface area contributed by atoms with E-state index < -0.39 is 6.10 Å². The summed E-state index contributed by atoms with van der Waals surface area (Å²) in [6, 6.07) is 15.0. The van der Waals surface area contributed by atoms with Gasteiger partial charge in [0.15, 0.2) is 6.10 Å². The second kappa shape index (κ2) is 8.56. The molecule has 4 rings (SSSR count). The summed E-state index contributed by atoms with van der Waals surface area (Å²) in [5.41, 5.74) is 5.34. The van der Waals surface area contributed by atoms with Gasteiger partial charge in [0.25, 0.3) is 5.91 Å². The van der Waals surface area contributed by atoms with Crippen LogP contribution in [0.1, 0.15) is 36.6 Å². The molecule has 1 unspecified atom stereocenters. The lowest BCUT2D eigenvalue weighted by Crippen LogP contribution is -2.48. The fraction of sp³-hybridized carbons (Fsp3) is 0.458. The van der Waals surface area contributed by atoms with Crippen molar-refractivity contribution in [2.24, 2.45) is 0 Å². The van der Waals surface area contributed by atoms with E-state index in [1.54, 1.807) is 0 Å². The molecule has 2 heterocycles. The number of hydrogen-bond donors (Lipinski definition) is 1. The molecule has 0 spiro atoms. The normalized spacial score (nSPS) is 19.9. The molecule has 2 aliphatic rings. The third-order valence-electron chi connectivity index (χ3n) is 5.97. The highest BCUT2D eigenvalue weighted by molar-refractivity contribution is 5.95. The molecule has 0 aromatic heterocycles. The van der Waals surface area contributed by atoms with E-state index in [0.717, 1.165) is 49.4 Å². The van der Waals surface area contributed by atoms with Gasteiger partial charge >= 0.3 is 0 Å². The van der Waals surface area contributed by atoms with Crippen LogP contribution in [0.4, 0.5) is 11.4 Å². The van der Waals surface area contributed by atoms with Crippen molar-refractivity contribution in [1.82, 2.24) is 4.90 Å². The Kier molecular flexibility index (Phi) is 5.88. The lowest BCUT2D eigenvalue weighted by Gasteiger charge is -2.38. The van der Waals surface area contributed by atoms with Crippen molar-refractivity contribution in [2.45, 2.75) is 39.3 Å². The minimum absolute atomic E-state index is 0.0988. The molecule has 2 aromatic carbocycles. The van der Waals surface area contributed by atoms with Crippen LogP contribution in [0.3, 0.4) is 0 Å². The highest BCUT2D eigenvalue weighted by atomic mass is 16.5. The van der Waals surface area contributed by atoms with Crippen LogP contribution in [0, 0.1) is 6.92 Å². The lowest BCUT2D eigenvalue weighted by atomic mass is 9.97. The van der Waals surface area contributed by atoms with Gasteiger partial charge < -0.3 is 15.0 Å². The molecule has 1 N–H and O–H groups in total. The number of carbonyl (C=O) groups excluding carboxylic acids is 1. The molecule has 1 amide bonds. The summed E-state index contributed by atoms with van der Waals surface area (Å²) >= 11 is 0. The Bertz CT molecular complexity index is 872. The third-order valence-corrected chi connectivity index (χ3v) is 5.97. The monoisotopic (exact) mass is 393 g/mol. The average molecular weight is 394 g/mol. The molecular formula is C24H31N3O2. The van der Waals surface area contributed by atoms with Gasteiger partial charge in [0.1, 0.15) is 0 Å².